The summed E-state index contributed by atoms with van der Waals surface area (Å²) in [5.41, 5.74) is 1.66. The van der Waals surface area contributed by atoms with Crippen molar-refractivity contribution in [2.75, 3.05) is 21.3 Å². The van der Waals surface area contributed by atoms with Crippen LogP contribution in [0.2, 0.25) is 0 Å². The number of hydrogen-bond acceptors (Lipinski definition) is 6. The van der Waals surface area contributed by atoms with Gasteiger partial charge in [0.25, 0.3) is 0 Å². The molecule has 1 saturated carbocycles. The van der Waals surface area contributed by atoms with E-state index < -0.39 is 23.6 Å². The summed E-state index contributed by atoms with van der Waals surface area (Å²) in [5.74, 6) is -2.67. The number of allylic oxidation sites excluding steroid dienone is 2. The summed E-state index contributed by atoms with van der Waals surface area (Å²) >= 11 is 1.64. The Morgan fingerprint density at radius 2 is 1.95 bits per heavy atom. The van der Waals surface area contributed by atoms with Crippen molar-refractivity contribution in [1.29, 1.82) is 0 Å². The number of thioether (sulfide) groups is 1. The lowest BCUT2D eigenvalue weighted by Crippen LogP contribution is -2.65. The third-order valence-corrected chi connectivity index (χ3v) is 6.17. The zero-order chi connectivity index (χ0) is 15.4. The lowest BCUT2D eigenvalue weighted by molar-refractivity contribution is -0.239. The molecule has 114 valence electrons. The Morgan fingerprint density at radius 1 is 1.29 bits per heavy atom. The largest absolute Gasteiger partial charge is 0.466 e. The van der Waals surface area contributed by atoms with Crippen molar-refractivity contribution in [3.63, 3.8) is 0 Å². The first-order chi connectivity index (χ1) is 10.0. The number of ether oxygens (including phenoxy) is 3. The van der Waals surface area contributed by atoms with E-state index in [0.29, 0.717) is 5.57 Å². The van der Waals surface area contributed by atoms with Crippen LogP contribution in [0.25, 0.3) is 0 Å². The van der Waals surface area contributed by atoms with Gasteiger partial charge in [-0.15, -0.1) is 11.8 Å². The Morgan fingerprint density at radius 3 is 2.52 bits per heavy atom. The van der Waals surface area contributed by atoms with Gasteiger partial charge in [-0.1, -0.05) is 11.6 Å². The fourth-order valence-electron chi connectivity index (χ4n) is 3.86. The molecule has 5 nitrogen and oxygen atoms in total. The van der Waals surface area contributed by atoms with E-state index in [1.165, 1.54) is 26.9 Å². The first-order valence-corrected chi connectivity index (χ1v) is 7.72. The van der Waals surface area contributed by atoms with Crippen LogP contribution in [0, 0.1) is 17.8 Å². The minimum atomic E-state index is -1.39. The number of esters is 1. The van der Waals surface area contributed by atoms with Crippen molar-refractivity contribution in [2.24, 2.45) is 17.8 Å². The summed E-state index contributed by atoms with van der Waals surface area (Å²) in [6.45, 7) is 2.03. The smallest absolute Gasteiger partial charge is 0.333 e. The molecule has 0 aromatic rings. The molecule has 0 aromatic carbocycles. The zero-order valence-electron chi connectivity index (χ0n) is 12.4. The second kappa shape index (κ2) is 4.97. The number of hydrogen-bond donors (Lipinski definition) is 0. The maximum absolute atomic E-state index is 12.8. The van der Waals surface area contributed by atoms with E-state index in [9.17, 15) is 9.59 Å². The lowest BCUT2D eigenvalue weighted by Gasteiger charge is -2.52. The second-order valence-corrected chi connectivity index (χ2v) is 6.60. The summed E-state index contributed by atoms with van der Waals surface area (Å²) < 4.78 is 15.9. The summed E-state index contributed by atoms with van der Waals surface area (Å²) in [4.78, 5) is 24.9. The van der Waals surface area contributed by atoms with Gasteiger partial charge in [0, 0.05) is 36.9 Å². The topological polar surface area (TPSA) is 61.8 Å². The van der Waals surface area contributed by atoms with Crippen LogP contribution in [-0.2, 0) is 23.8 Å². The van der Waals surface area contributed by atoms with Crippen LogP contribution < -0.4 is 0 Å². The predicted octanol–water partition coefficient (Wildman–Crippen LogP) is 1.54. The minimum Gasteiger partial charge on any atom is -0.466 e. The molecule has 4 aliphatic rings. The van der Waals surface area contributed by atoms with Crippen molar-refractivity contribution in [3.05, 3.63) is 22.6 Å². The number of ketones is 1. The monoisotopic (exact) mass is 310 g/mol. The van der Waals surface area contributed by atoms with Gasteiger partial charge in [-0.25, -0.2) is 4.79 Å². The van der Waals surface area contributed by atoms with Gasteiger partial charge >= 0.3 is 5.97 Å². The standard InChI is InChI=1S/C15H18O5S/c1-7-6-21-12-10(7)8-5-9(14(17)18-2)11(12)15(19-3,20-4)13(8)16/h5-6,8,10-12H,1-4H3. The van der Waals surface area contributed by atoms with Crippen LogP contribution in [0.15, 0.2) is 22.6 Å². The average Bonchev–Trinajstić information content (AvgIpc) is 2.90. The van der Waals surface area contributed by atoms with Crippen LogP contribution in [-0.4, -0.2) is 44.1 Å². The van der Waals surface area contributed by atoms with E-state index in [1.807, 2.05) is 6.92 Å². The molecule has 1 heterocycles. The van der Waals surface area contributed by atoms with E-state index >= 15 is 0 Å². The molecule has 4 atom stereocenters. The highest BCUT2D eigenvalue weighted by molar-refractivity contribution is 8.03. The van der Waals surface area contributed by atoms with Crippen LogP contribution in [0.4, 0.5) is 0 Å². The summed E-state index contributed by atoms with van der Waals surface area (Å²) in [6, 6.07) is 0. The molecule has 0 saturated heterocycles. The molecule has 0 amide bonds. The number of carbonyl (C=O) groups excluding carboxylic acids is 2. The van der Waals surface area contributed by atoms with Gasteiger partial charge in [-0.05, 0) is 12.3 Å². The molecule has 0 spiro atoms. The molecule has 4 unspecified atom stereocenters. The molecule has 21 heavy (non-hydrogen) atoms. The van der Waals surface area contributed by atoms with Gasteiger partial charge in [-0.3, -0.25) is 4.79 Å². The molecule has 0 N–H and O–H groups in total. The normalized spacial score (nSPS) is 36.1. The fourth-order valence-corrected chi connectivity index (χ4v) is 5.42. The first-order valence-electron chi connectivity index (χ1n) is 6.78. The summed E-state index contributed by atoms with van der Waals surface area (Å²) in [5, 5.41) is 2.13. The Bertz CT molecular complexity index is 560. The van der Waals surface area contributed by atoms with E-state index in [2.05, 4.69) is 5.41 Å². The van der Waals surface area contributed by atoms with E-state index in [1.54, 1.807) is 17.8 Å². The number of rotatable bonds is 3. The van der Waals surface area contributed by atoms with Gasteiger partial charge in [0.05, 0.1) is 13.0 Å². The van der Waals surface area contributed by atoms with Crippen molar-refractivity contribution in [1.82, 2.24) is 0 Å². The van der Waals surface area contributed by atoms with E-state index in [-0.39, 0.29) is 17.0 Å². The predicted molar refractivity (Wildman–Crippen MR) is 77.5 cm³/mol. The molecule has 1 fully saturated rings. The molecule has 2 bridgehead atoms. The van der Waals surface area contributed by atoms with E-state index in [0.717, 1.165) is 0 Å². The Kier molecular flexibility index (Phi) is 3.50. The molecule has 6 heteroatoms. The van der Waals surface area contributed by atoms with Crippen LogP contribution >= 0.6 is 11.8 Å². The van der Waals surface area contributed by atoms with Crippen LogP contribution in [0.5, 0.6) is 0 Å². The Labute approximate surface area is 127 Å². The van der Waals surface area contributed by atoms with Crippen molar-refractivity contribution in [3.8, 4) is 0 Å². The molecule has 0 radical (unpaired) electrons. The number of fused-ring (bicyclic) bond motifs is 1. The molecule has 0 aromatic heterocycles. The van der Waals surface area contributed by atoms with Crippen molar-refractivity contribution >= 4 is 23.5 Å². The minimum absolute atomic E-state index is 0.0618. The SMILES string of the molecule is COC(=O)C1=CC2C(=O)C(OC)(OC)C1C1SC=C(C)C21. The number of carbonyl (C=O) groups is 2. The maximum atomic E-state index is 12.8. The van der Waals surface area contributed by atoms with Crippen molar-refractivity contribution in [2.45, 2.75) is 18.0 Å². The molecule has 3 aliphatic carbocycles. The number of Topliss-reactive ketones (excluding diaryl/α,β-unsaturated/α-hetero) is 1. The summed E-state index contributed by atoms with van der Waals surface area (Å²) in [7, 11) is 4.25. The van der Waals surface area contributed by atoms with Gasteiger partial charge in [0.15, 0.2) is 5.78 Å². The number of methoxy groups -OCH3 is 3. The molecule has 4 rings (SSSR count). The third-order valence-electron chi connectivity index (χ3n) is 4.78. The summed E-state index contributed by atoms with van der Waals surface area (Å²) in [6.07, 6.45) is 1.75. The van der Waals surface area contributed by atoms with Gasteiger partial charge in [0.1, 0.15) is 0 Å². The molecule has 1 aliphatic heterocycles. The third kappa shape index (κ3) is 1.73. The second-order valence-electron chi connectivity index (χ2n) is 5.55. The molecular formula is C15H18O5S. The highest BCUT2D eigenvalue weighted by atomic mass is 32.2. The van der Waals surface area contributed by atoms with Gasteiger partial charge in [-0.2, -0.15) is 0 Å². The molecular weight excluding hydrogens is 292 g/mol. The average molecular weight is 310 g/mol. The van der Waals surface area contributed by atoms with Gasteiger partial charge in [0.2, 0.25) is 5.79 Å². The Balaban J connectivity index is 2.16. The maximum Gasteiger partial charge on any atom is 0.333 e. The highest BCUT2D eigenvalue weighted by Crippen LogP contribution is 2.58. The quantitative estimate of drug-likeness (QED) is 0.582. The first kappa shape index (κ1) is 14.8. The van der Waals surface area contributed by atoms with Crippen LogP contribution in [0.1, 0.15) is 6.92 Å². The van der Waals surface area contributed by atoms with Gasteiger partial charge < -0.3 is 14.2 Å². The highest BCUT2D eigenvalue weighted by Gasteiger charge is 2.66. The van der Waals surface area contributed by atoms with Crippen molar-refractivity contribution < 1.29 is 23.8 Å². The van der Waals surface area contributed by atoms with E-state index in [4.69, 9.17) is 14.2 Å². The zero-order valence-corrected chi connectivity index (χ0v) is 13.2. The fraction of sp³-hybridized carbons (Fsp3) is 0.600. The lowest BCUT2D eigenvalue weighted by atomic mass is 9.59. The Hall–Kier alpha value is -1.11. The van der Waals surface area contributed by atoms with Crippen LogP contribution in [0.3, 0.4) is 0 Å².